The molecule has 0 amide bonds. The van der Waals surface area contributed by atoms with E-state index < -0.39 is 6.10 Å². The predicted octanol–water partition coefficient (Wildman–Crippen LogP) is 25.0. The van der Waals surface area contributed by atoms with Crippen molar-refractivity contribution < 1.29 is 28.6 Å². The van der Waals surface area contributed by atoms with Crippen LogP contribution >= 0.6 is 0 Å². The van der Waals surface area contributed by atoms with Crippen molar-refractivity contribution in [3.63, 3.8) is 0 Å². The lowest BCUT2D eigenvalue weighted by Gasteiger charge is -2.18. The minimum absolute atomic E-state index is 0.0891. The van der Waals surface area contributed by atoms with Crippen LogP contribution in [-0.2, 0) is 28.6 Å². The Balaban J connectivity index is 4.32. The number of hydrogen-bond acceptors (Lipinski definition) is 6. The summed E-state index contributed by atoms with van der Waals surface area (Å²) in [5.74, 6) is -0.916. The lowest BCUT2D eigenvalue weighted by atomic mass is 10.0. The maximum Gasteiger partial charge on any atom is 0.306 e. The number of unbranched alkanes of at least 4 members (excludes halogenated alkanes) is 41. The maximum absolute atomic E-state index is 13.0. The van der Waals surface area contributed by atoms with Gasteiger partial charge < -0.3 is 14.2 Å². The van der Waals surface area contributed by atoms with Crippen molar-refractivity contribution >= 4 is 17.9 Å². The van der Waals surface area contributed by atoms with E-state index in [2.05, 4.69) is 106 Å². The first-order chi connectivity index (χ1) is 41.0. The SMILES string of the molecule is CC/C=C\C/C=C\C/C=C\C/C=C\CCCCC(=O)OCC(COC(=O)CCCCCCCCCCCC/C=C\C/C=C\C/C=C\CCCCCCC)OC(=O)CCCCCCCCCCCCCCCCCCCCCCCCCCC. The number of carbonyl (C=O) groups excluding carboxylic acids is 3. The molecule has 0 saturated heterocycles. The van der Waals surface area contributed by atoms with Crippen molar-refractivity contribution in [2.24, 2.45) is 0 Å². The molecule has 0 radical (unpaired) electrons. The van der Waals surface area contributed by atoms with Gasteiger partial charge in [0, 0.05) is 19.3 Å². The summed E-state index contributed by atoms with van der Waals surface area (Å²) < 4.78 is 17.0. The molecule has 0 fully saturated rings. The Morgan fingerprint density at radius 3 is 0.759 bits per heavy atom. The van der Waals surface area contributed by atoms with E-state index in [1.54, 1.807) is 0 Å². The van der Waals surface area contributed by atoms with Crippen LogP contribution < -0.4 is 0 Å². The fraction of sp³-hybridized carbons (Fsp3) is 0.779. The molecule has 480 valence electrons. The third-order valence-corrected chi connectivity index (χ3v) is 15.9. The molecule has 83 heavy (non-hydrogen) atoms. The second-order valence-corrected chi connectivity index (χ2v) is 24.1. The second-order valence-electron chi connectivity index (χ2n) is 24.1. The molecule has 0 aliphatic heterocycles. The lowest BCUT2D eigenvalue weighted by Crippen LogP contribution is -2.30. The quantitative estimate of drug-likeness (QED) is 0.0261. The average molecular weight is 1160 g/mol. The molecule has 6 heteroatoms. The number of allylic oxidation sites excluding steroid dienone is 14. The second kappa shape index (κ2) is 71.1. The van der Waals surface area contributed by atoms with Crippen LogP contribution in [0.25, 0.3) is 0 Å². The van der Waals surface area contributed by atoms with Gasteiger partial charge in [0.2, 0.25) is 0 Å². The Labute approximate surface area is 515 Å². The number of carbonyl (C=O) groups is 3. The molecule has 0 rings (SSSR count). The van der Waals surface area contributed by atoms with Crippen LogP contribution in [-0.4, -0.2) is 37.2 Å². The molecule has 0 aliphatic carbocycles. The highest BCUT2D eigenvalue weighted by Crippen LogP contribution is 2.18. The van der Waals surface area contributed by atoms with Crippen molar-refractivity contribution in [3.05, 3.63) is 85.1 Å². The monoisotopic (exact) mass is 1160 g/mol. The van der Waals surface area contributed by atoms with Crippen LogP contribution in [0.1, 0.15) is 367 Å². The number of hydrogen-bond donors (Lipinski definition) is 0. The van der Waals surface area contributed by atoms with Crippen LogP contribution in [0, 0.1) is 0 Å². The minimum atomic E-state index is -0.796. The molecular formula is C77H136O6. The molecule has 1 unspecified atom stereocenters. The molecule has 1 atom stereocenters. The van der Waals surface area contributed by atoms with Gasteiger partial charge in [0.05, 0.1) is 0 Å². The highest BCUT2D eigenvalue weighted by molar-refractivity contribution is 5.71. The number of ether oxygens (including phenoxy) is 3. The summed E-state index contributed by atoms with van der Waals surface area (Å²) in [4.78, 5) is 38.5. The zero-order chi connectivity index (χ0) is 59.9. The highest BCUT2D eigenvalue weighted by Gasteiger charge is 2.19. The molecule has 0 saturated carbocycles. The van der Waals surface area contributed by atoms with Gasteiger partial charge in [-0.25, -0.2) is 0 Å². The number of rotatable bonds is 66. The Morgan fingerprint density at radius 2 is 0.470 bits per heavy atom. The summed E-state index contributed by atoms with van der Waals surface area (Å²) in [6, 6.07) is 0. The van der Waals surface area contributed by atoms with Gasteiger partial charge in [-0.05, 0) is 96.3 Å². The Morgan fingerprint density at radius 1 is 0.253 bits per heavy atom. The summed E-state index contributed by atoms with van der Waals surface area (Å²) in [5.41, 5.74) is 0. The molecule has 0 heterocycles. The molecule has 0 aliphatic rings. The van der Waals surface area contributed by atoms with E-state index in [9.17, 15) is 14.4 Å². The molecular weight excluding hydrogens is 1020 g/mol. The minimum Gasteiger partial charge on any atom is -0.462 e. The molecule has 0 N–H and O–H groups in total. The molecule has 6 nitrogen and oxygen atoms in total. The van der Waals surface area contributed by atoms with E-state index in [1.807, 2.05) is 0 Å². The van der Waals surface area contributed by atoms with Crippen molar-refractivity contribution in [2.75, 3.05) is 13.2 Å². The van der Waals surface area contributed by atoms with Crippen LogP contribution in [0.15, 0.2) is 85.1 Å². The van der Waals surface area contributed by atoms with E-state index >= 15 is 0 Å². The first kappa shape index (κ1) is 79.6. The maximum atomic E-state index is 13.0. The molecule has 0 spiro atoms. The van der Waals surface area contributed by atoms with E-state index in [1.165, 1.54) is 231 Å². The van der Waals surface area contributed by atoms with Crippen molar-refractivity contribution in [1.29, 1.82) is 0 Å². The van der Waals surface area contributed by atoms with Gasteiger partial charge in [0.25, 0.3) is 0 Å². The van der Waals surface area contributed by atoms with E-state index in [4.69, 9.17) is 14.2 Å². The topological polar surface area (TPSA) is 78.9 Å². The summed E-state index contributed by atoms with van der Waals surface area (Å²) in [6.45, 7) is 6.53. The average Bonchev–Trinajstić information content (AvgIpc) is 3.49. The Kier molecular flexibility index (Phi) is 68.2. The van der Waals surface area contributed by atoms with E-state index in [0.717, 1.165) is 96.3 Å². The fourth-order valence-electron chi connectivity index (χ4n) is 10.5. The van der Waals surface area contributed by atoms with Crippen LogP contribution in [0.2, 0.25) is 0 Å². The largest absolute Gasteiger partial charge is 0.462 e. The van der Waals surface area contributed by atoms with Gasteiger partial charge in [0.1, 0.15) is 13.2 Å². The molecule has 0 aromatic rings. The zero-order valence-electron chi connectivity index (χ0n) is 55.2. The van der Waals surface area contributed by atoms with Gasteiger partial charge in [0.15, 0.2) is 6.10 Å². The van der Waals surface area contributed by atoms with Gasteiger partial charge in [-0.2, -0.15) is 0 Å². The van der Waals surface area contributed by atoms with Crippen molar-refractivity contribution in [2.45, 2.75) is 374 Å². The Bertz CT molecular complexity index is 1570. The van der Waals surface area contributed by atoms with Crippen molar-refractivity contribution in [3.8, 4) is 0 Å². The fourth-order valence-corrected chi connectivity index (χ4v) is 10.5. The zero-order valence-corrected chi connectivity index (χ0v) is 55.2. The summed E-state index contributed by atoms with van der Waals surface area (Å²) in [6.07, 6.45) is 94.8. The first-order valence-corrected chi connectivity index (χ1v) is 36.1. The van der Waals surface area contributed by atoms with E-state index in [0.29, 0.717) is 19.3 Å². The van der Waals surface area contributed by atoms with Gasteiger partial charge in [-0.3, -0.25) is 14.4 Å². The lowest BCUT2D eigenvalue weighted by molar-refractivity contribution is -0.167. The molecule has 0 aromatic carbocycles. The van der Waals surface area contributed by atoms with Gasteiger partial charge >= 0.3 is 17.9 Å². The third-order valence-electron chi connectivity index (χ3n) is 15.9. The highest BCUT2D eigenvalue weighted by atomic mass is 16.6. The normalized spacial score (nSPS) is 12.6. The van der Waals surface area contributed by atoms with E-state index in [-0.39, 0.29) is 31.1 Å². The Hall–Kier alpha value is -3.41. The number of esters is 3. The van der Waals surface area contributed by atoms with Gasteiger partial charge in [-0.15, -0.1) is 0 Å². The summed E-state index contributed by atoms with van der Waals surface area (Å²) in [7, 11) is 0. The standard InChI is InChI=1S/C77H136O6/c1-4-7-10-13-16-19-22-25-28-30-32-34-36-38-40-42-44-46-49-52-55-58-61-64-67-70-76(79)82-73-74(72-81-75(78)69-66-63-60-57-54-51-48-27-24-21-18-15-12-9-6-3)83-77(80)71-68-65-62-59-56-53-50-47-45-43-41-39-37-35-33-31-29-26-23-20-17-14-11-8-5-2/h9,12,18,21-22,25,27,30,32,36,38,48,54,57,74H,4-8,10-11,13-17,19-20,23-24,26,28-29,31,33-35,37,39-47,49-53,55-56,58-73H2,1-3H3/b12-9-,21-18-,25-22-,32-30-,38-36-,48-27-,57-54-. The van der Waals surface area contributed by atoms with Crippen LogP contribution in [0.5, 0.6) is 0 Å². The van der Waals surface area contributed by atoms with Crippen molar-refractivity contribution in [1.82, 2.24) is 0 Å². The first-order valence-electron chi connectivity index (χ1n) is 36.1. The third kappa shape index (κ3) is 69.3. The summed E-state index contributed by atoms with van der Waals surface area (Å²) >= 11 is 0. The van der Waals surface area contributed by atoms with Crippen LogP contribution in [0.4, 0.5) is 0 Å². The molecule has 0 bridgehead atoms. The summed E-state index contributed by atoms with van der Waals surface area (Å²) in [5, 5.41) is 0. The van der Waals surface area contributed by atoms with Gasteiger partial charge in [-0.1, -0.05) is 337 Å². The molecule has 0 aromatic heterocycles. The predicted molar refractivity (Wildman–Crippen MR) is 362 cm³/mol. The van der Waals surface area contributed by atoms with Crippen LogP contribution in [0.3, 0.4) is 0 Å². The smallest absolute Gasteiger partial charge is 0.306 e.